The fourth-order valence-corrected chi connectivity index (χ4v) is 2.50. The van der Waals surface area contributed by atoms with Gasteiger partial charge in [-0.3, -0.25) is 0 Å². The molecule has 0 spiro atoms. The van der Waals surface area contributed by atoms with Crippen LogP contribution in [0.25, 0.3) is 0 Å². The predicted molar refractivity (Wildman–Crippen MR) is 68.9 cm³/mol. The van der Waals surface area contributed by atoms with Gasteiger partial charge in [0.05, 0.1) is 0 Å². The summed E-state index contributed by atoms with van der Waals surface area (Å²) in [5.41, 5.74) is 7.30. The van der Waals surface area contributed by atoms with Crippen molar-refractivity contribution in [3.05, 3.63) is 29.8 Å². The van der Waals surface area contributed by atoms with E-state index in [2.05, 4.69) is 0 Å². The standard InChI is InChI=1S/C13H19NO.ClH/c14-13(10-5-2-1-3-6-10)11-7-4-8-12(15)9-11;/h4,7-10,13,15H,1-3,5-6,14H2;1H/t13-;/m0./s1. The van der Waals surface area contributed by atoms with Crippen molar-refractivity contribution in [2.45, 2.75) is 38.1 Å². The van der Waals surface area contributed by atoms with Gasteiger partial charge in [-0.2, -0.15) is 0 Å². The van der Waals surface area contributed by atoms with Gasteiger partial charge in [0.1, 0.15) is 5.75 Å². The van der Waals surface area contributed by atoms with Gasteiger partial charge < -0.3 is 10.8 Å². The molecule has 0 unspecified atom stereocenters. The molecule has 2 rings (SSSR count). The molecule has 1 fully saturated rings. The summed E-state index contributed by atoms with van der Waals surface area (Å²) in [6.45, 7) is 0. The number of nitrogens with two attached hydrogens (primary N) is 1. The first kappa shape index (κ1) is 13.3. The van der Waals surface area contributed by atoms with Crippen molar-refractivity contribution >= 4 is 12.4 Å². The minimum Gasteiger partial charge on any atom is -0.508 e. The minimum atomic E-state index is 0. The number of phenolic OH excluding ortho intramolecular Hbond substituents is 1. The average molecular weight is 242 g/mol. The summed E-state index contributed by atoms with van der Waals surface area (Å²) in [7, 11) is 0. The number of hydrogen-bond acceptors (Lipinski definition) is 2. The first-order chi connectivity index (χ1) is 7.27. The van der Waals surface area contributed by atoms with E-state index in [9.17, 15) is 5.11 Å². The summed E-state index contributed by atoms with van der Waals surface area (Å²) in [4.78, 5) is 0. The van der Waals surface area contributed by atoms with E-state index in [0.29, 0.717) is 11.7 Å². The van der Waals surface area contributed by atoms with E-state index < -0.39 is 0 Å². The molecule has 0 aliphatic heterocycles. The van der Waals surface area contributed by atoms with Crippen LogP contribution in [0.1, 0.15) is 43.7 Å². The van der Waals surface area contributed by atoms with Gasteiger partial charge in [-0.1, -0.05) is 31.4 Å². The molecule has 1 atom stereocenters. The maximum atomic E-state index is 9.40. The van der Waals surface area contributed by atoms with E-state index in [4.69, 9.17) is 5.73 Å². The Morgan fingerprint density at radius 1 is 1.19 bits per heavy atom. The molecule has 1 aliphatic rings. The van der Waals surface area contributed by atoms with Gasteiger partial charge >= 0.3 is 0 Å². The van der Waals surface area contributed by atoms with Crippen molar-refractivity contribution < 1.29 is 5.11 Å². The van der Waals surface area contributed by atoms with Gasteiger partial charge in [0.15, 0.2) is 0 Å². The van der Waals surface area contributed by atoms with E-state index in [0.717, 1.165) is 5.56 Å². The van der Waals surface area contributed by atoms with Gasteiger partial charge in [0, 0.05) is 6.04 Å². The van der Waals surface area contributed by atoms with Crippen molar-refractivity contribution in [1.82, 2.24) is 0 Å². The third-order valence-corrected chi connectivity index (χ3v) is 3.41. The lowest BCUT2D eigenvalue weighted by Crippen LogP contribution is -2.23. The molecule has 16 heavy (non-hydrogen) atoms. The molecule has 90 valence electrons. The zero-order valence-electron chi connectivity index (χ0n) is 9.43. The van der Waals surface area contributed by atoms with Gasteiger partial charge in [-0.25, -0.2) is 0 Å². The second kappa shape index (κ2) is 6.12. The first-order valence-corrected chi connectivity index (χ1v) is 5.82. The van der Waals surface area contributed by atoms with Crippen molar-refractivity contribution in [3.63, 3.8) is 0 Å². The Morgan fingerprint density at radius 2 is 1.88 bits per heavy atom. The lowest BCUT2D eigenvalue weighted by molar-refractivity contribution is 0.307. The normalized spacial score (nSPS) is 18.8. The molecule has 1 aromatic rings. The lowest BCUT2D eigenvalue weighted by atomic mass is 9.81. The number of rotatable bonds is 2. The number of halogens is 1. The average Bonchev–Trinajstić information content (AvgIpc) is 2.29. The summed E-state index contributed by atoms with van der Waals surface area (Å²) < 4.78 is 0. The Balaban J connectivity index is 0.00000128. The molecule has 1 aromatic carbocycles. The smallest absolute Gasteiger partial charge is 0.115 e. The summed E-state index contributed by atoms with van der Waals surface area (Å²) in [5.74, 6) is 0.916. The molecule has 2 nitrogen and oxygen atoms in total. The van der Waals surface area contributed by atoms with Crippen LogP contribution in [0.4, 0.5) is 0 Å². The molecule has 0 saturated heterocycles. The molecule has 1 saturated carbocycles. The monoisotopic (exact) mass is 241 g/mol. The molecule has 0 radical (unpaired) electrons. The Morgan fingerprint density at radius 3 is 2.50 bits per heavy atom. The van der Waals surface area contributed by atoms with Gasteiger partial charge in [-0.15, -0.1) is 12.4 Å². The fourth-order valence-electron chi connectivity index (χ4n) is 2.50. The highest BCUT2D eigenvalue weighted by molar-refractivity contribution is 5.85. The molecule has 3 N–H and O–H groups in total. The van der Waals surface area contributed by atoms with Crippen molar-refractivity contribution in [2.24, 2.45) is 11.7 Å². The summed E-state index contributed by atoms with van der Waals surface area (Å²) >= 11 is 0. The van der Waals surface area contributed by atoms with E-state index in [1.165, 1.54) is 32.1 Å². The second-order valence-electron chi connectivity index (χ2n) is 4.52. The van der Waals surface area contributed by atoms with Gasteiger partial charge in [0.25, 0.3) is 0 Å². The molecule has 3 heteroatoms. The zero-order valence-corrected chi connectivity index (χ0v) is 10.2. The molecule has 0 amide bonds. The van der Waals surface area contributed by atoms with Crippen molar-refractivity contribution in [1.29, 1.82) is 0 Å². The Bertz CT molecular complexity index is 323. The van der Waals surface area contributed by atoms with Crippen LogP contribution < -0.4 is 5.73 Å². The van der Waals surface area contributed by atoms with E-state index in [-0.39, 0.29) is 18.4 Å². The minimum absolute atomic E-state index is 0. The highest BCUT2D eigenvalue weighted by atomic mass is 35.5. The Labute approximate surface area is 103 Å². The van der Waals surface area contributed by atoms with Crippen LogP contribution in [0, 0.1) is 5.92 Å². The van der Waals surface area contributed by atoms with E-state index >= 15 is 0 Å². The molecule has 0 bridgehead atoms. The van der Waals surface area contributed by atoms with Gasteiger partial charge in [-0.05, 0) is 36.5 Å². The second-order valence-corrected chi connectivity index (χ2v) is 4.52. The quantitative estimate of drug-likeness (QED) is 0.834. The Hall–Kier alpha value is -0.730. The van der Waals surface area contributed by atoms with Crippen LogP contribution >= 0.6 is 12.4 Å². The molecule has 0 heterocycles. The van der Waals surface area contributed by atoms with Crippen molar-refractivity contribution in [2.75, 3.05) is 0 Å². The third-order valence-electron chi connectivity index (χ3n) is 3.41. The van der Waals surface area contributed by atoms with Crippen LogP contribution in [-0.4, -0.2) is 5.11 Å². The SMILES string of the molecule is Cl.N[C@H](c1cccc(O)c1)C1CCCCC1. The highest BCUT2D eigenvalue weighted by Gasteiger charge is 2.21. The maximum absolute atomic E-state index is 9.40. The number of aromatic hydroxyl groups is 1. The first-order valence-electron chi connectivity index (χ1n) is 5.82. The molecular formula is C13H20ClNO. The third kappa shape index (κ3) is 3.13. The zero-order chi connectivity index (χ0) is 10.7. The van der Waals surface area contributed by atoms with Crippen LogP contribution in [-0.2, 0) is 0 Å². The summed E-state index contributed by atoms with van der Waals surface area (Å²) in [6, 6.07) is 7.46. The fraction of sp³-hybridized carbons (Fsp3) is 0.538. The highest BCUT2D eigenvalue weighted by Crippen LogP contribution is 2.33. The van der Waals surface area contributed by atoms with Crippen LogP contribution in [0.15, 0.2) is 24.3 Å². The van der Waals surface area contributed by atoms with Crippen LogP contribution in [0.2, 0.25) is 0 Å². The molecule has 1 aliphatic carbocycles. The largest absolute Gasteiger partial charge is 0.508 e. The predicted octanol–water partition coefficient (Wildman–Crippen LogP) is 3.39. The number of benzene rings is 1. The van der Waals surface area contributed by atoms with E-state index in [1.54, 1.807) is 12.1 Å². The van der Waals surface area contributed by atoms with Crippen LogP contribution in [0.5, 0.6) is 5.75 Å². The molecular weight excluding hydrogens is 222 g/mol. The van der Waals surface area contributed by atoms with Crippen LogP contribution in [0.3, 0.4) is 0 Å². The topological polar surface area (TPSA) is 46.2 Å². The lowest BCUT2D eigenvalue weighted by Gasteiger charge is -2.27. The molecule has 0 aromatic heterocycles. The van der Waals surface area contributed by atoms with E-state index in [1.807, 2.05) is 12.1 Å². The Kier molecular flexibility index (Phi) is 5.10. The summed E-state index contributed by atoms with van der Waals surface area (Å²) in [5, 5.41) is 9.40. The summed E-state index contributed by atoms with van der Waals surface area (Å²) in [6.07, 6.45) is 6.42. The number of hydrogen-bond donors (Lipinski definition) is 2. The van der Waals surface area contributed by atoms with Gasteiger partial charge in [0.2, 0.25) is 0 Å². The number of phenols is 1. The van der Waals surface area contributed by atoms with Crippen molar-refractivity contribution in [3.8, 4) is 5.75 Å². The maximum Gasteiger partial charge on any atom is 0.115 e.